The molecule has 0 saturated carbocycles. The van der Waals surface area contributed by atoms with Crippen molar-refractivity contribution < 1.29 is 9.53 Å². The first kappa shape index (κ1) is 13.4. The Morgan fingerprint density at radius 1 is 1.21 bits per heavy atom. The standard InChI is InChI=1S/C15H18N2O2/c1-19-14-5-4-12-8-11(2-3-13(12)9-14)6-7-17-15(18)10-16/h2-5,8-9H,6-7,10,16H2,1H3,(H,17,18). The number of carbonyl (C=O) groups is 1. The fourth-order valence-electron chi connectivity index (χ4n) is 1.97. The summed E-state index contributed by atoms with van der Waals surface area (Å²) in [5, 5.41) is 5.08. The molecule has 4 heteroatoms. The van der Waals surface area contributed by atoms with Crippen molar-refractivity contribution >= 4 is 16.7 Å². The number of benzene rings is 2. The minimum Gasteiger partial charge on any atom is -0.497 e. The van der Waals surface area contributed by atoms with Crippen molar-refractivity contribution in [3.63, 3.8) is 0 Å². The molecule has 0 bridgehead atoms. The maximum Gasteiger partial charge on any atom is 0.233 e. The predicted molar refractivity (Wildman–Crippen MR) is 76.3 cm³/mol. The summed E-state index contributed by atoms with van der Waals surface area (Å²) in [6.45, 7) is 0.648. The molecule has 19 heavy (non-hydrogen) atoms. The molecule has 0 aliphatic carbocycles. The highest BCUT2D eigenvalue weighted by Gasteiger charge is 2.00. The van der Waals surface area contributed by atoms with Crippen LogP contribution >= 0.6 is 0 Å². The highest BCUT2D eigenvalue weighted by molar-refractivity contribution is 5.84. The van der Waals surface area contributed by atoms with Crippen molar-refractivity contribution in [3.05, 3.63) is 42.0 Å². The van der Waals surface area contributed by atoms with Gasteiger partial charge >= 0.3 is 0 Å². The highest BCUT2D eigenvalue weighted by atomic mass is 16.5. The number of methoxy groups -OCH3 is 1. The Kier molecular flexibility index (Phi) is 4.36. The van der Waals surface area contributed by atoms with Gasteiger partial charge in [0.05, 0.1) is 13.7 Å². The number of carbonyl (C=O) groups excluding carboxylic acids is 1. The van der Waals surface area contributed by atoms with E-state index in [9.17, 15) is 4.79 Å². The van der Waals surface area contributed by atoms with Gasteiger partial charge < -0.3 is 15.8 Å². The van der Waals surface area contributed by atoms with Crippen molar-refractivity contribution in [2.45, 2.75) is 6.42 Å². The van der Waals surface area contributed by atoms with Crippen LogP contribution in [0.1, 0.15) is 5.56 Å². The Morgan fingerprint density at radius 2 is 1.95 bits per heavy atom. The monoisotopic (exact) mass is 258 g/mol. The molecule has 3 N–H and O–H groups in total. The van der Waals surface area contributed by atoms with Gasteiger partial charge in [-0.3, -0.25) is 4.79 Å². The van der Waals surface area contributed by atoms with Crippen LogP contribution in [0.25, 0.3) is 10.8 Å². The third-order valence-electron chi connectivity index (χ3n) is 3.03. The molecule has 0 atom stereocenters. The number of fused-ring (bicyclic) bond motifs is 1. The summed E-state index contributed by atoms with van der Waals surface area (Å²) in [4.78, 5) is 11.0. The van der Waals surface area contributed by atoms with E-state index in [1.54, 1.807) is 7.11 Å². The fraction of sp³-hybridized carbons (Fsp3) is 0.267. The lowest BCUT2D eigenvalue weighted by molar-refractivity contribution is -0.119. The molecule has 2 aromatic carbocycles. The molecule has 2 rings (SSSR count). The smallest absolute Gasteiger partial charge is 0.233 e. The van der Waals surface area contributed by atoms with Gasteiger partial charge in [-0.25, -0.2) is 0 Å². The average Bonchev–Trinajstić information content (AvgIpc) is 2.46. The van der Waals surface area contributed by atoms with E-state index < -0.39 is 0 Å². The number of amides is 1. The number of nitrogens with one attached hydrogen (secondary N) is 1. The van der Waals surface area contributed by atoms with Gasteiger partial charge in [-0.15, -0.1) is 0 Å². The molecule has 0 unspecified atom stereocenters. The van der Waals surface area contributed by atoms with E-state index in [1.807, 2.05) is 18.2 Å². The molecule has 2 aromatic rings. The normalized spacial score (nSPS) is 10.4. The van der Waals surface area contributed by atoms with Crippen LogP contribution < -0.4 is 15.8 Å². The Balaban J connectivity index is 2.07. The minimum atomic E-state index is -0.120. The summed E-state index contributed by atoms with van der Waals surface area (Å²) in [6, 6.07) is 12.3. The third-order valence-corrected chi connectivity index (χ3v) is 3.03. The fourth-order valence-corrected chi connectivity index (χ4v) is 1.97. The van der Waals surface area contributed by atoms with Crippen LogP contribution in [0, 0.1) is 0 Å². The Hall–Kier alpha value is -2.07. The van der Waals surface area contributed by atoms with Gasteiger partial charge in [-0.1, -0.05) is 24.3 Å². The summed E-state index contributed by atoms with van der Waals surface area (Å²) in [5.41, 5.74) is 6.42. The maximum atomic E-state index is 11.0. The van der Waals surface area contributed by atoms with Crippen LogP contribution in [0.3, 0.4) is 0 Å². The molecular weight excluding hydrogens is 240 g/mol. The van der Waals surface area contributed by atoms with E-state index >= 15 is 0 Å². The largest absolute Gasteiger partial charge is 0.497 e. The summed E-state index contributed by atoms with van der Waals surface area (Å²) in [5.74, 6) is 0.737. The number of ether oxygens (including phenoxy) is 1. The molecule has 0 aliphatic heterocycles. The number of nitrogens with two attached hydrogens (primary N) is 1. The van der Waals surface area contributed by atoms with Gasteiger partial charge in [0, 0.05) is 6.54 Å². The average molecular weight is 258 g/mol. The van der Waals surface area contributed by atoms with Crippen molar-refractivity contribution in [3.8, 4) is 5.75 Å². The molecule has 0 radical (unpaired) electrons. The summed E-state index contributed by atoms with van der Waals surface area (Å²) >= 11 is 0. The molecular formula is C15H18N2O2. The van der Waals surface area contributed by atoms with E-state index in [2.05, 4.69) is 23.5 Å². The summed E-state index contributed by atoms with van der Waals surface area (Å²) < 4.78 is 5.20. The molecule has 1 amide bonds. The van der Waals surface area contributed by atoms with E-state index in [4.69, 9.17) is 10.5 Å². The summed E-state index contributed by atoms with van der Waals surface area (Å²) in [6.07, 6.45) is 0.799. The highest BCUT2D eigenvalue weighted by Crippen LogP contribution is 2.21. The lowest BCUT2D eigenvalue weighted by Crippen LogP contribution is -2.31. The molecule has 100 valence electrons. The van der Waals surface area contributed by atoms with E-state index in [0.717, 1.165) is 17.6 Å². The van der Waals surface area contributed by atoms with Crippen LogP contribution in [0.5, 0.6) is 5.75 Å². The van der Waals surface area contributed by atoms with E-state index in [0.29, 0.717) is 6.54 Å². The minimum absolute atomic E-state index is 0.0392. The van der Waals surface area contributed by atoms with Crippen LogP contribution in [-0.4, -0.2) is 26.1 Å². The van der Waals surface area contributed by atoms with Crippen molar-refractivity contribution in [2.24, 2.45) is 5.73 Å². The van der Waals surface area contributed by atoms with Gasteiger partial charge in [-0.05, 0) is 34.9 Å². The lowest BCUT2D eigenvalue weighted by Gasteiger charge is -2.06. The van der Waals surface area contributed by atoms with Crippen molar-refractivity contribution in [1.82, 2.24) is 5.32 Å². The second kappa shape index (κ2) is 6.20. The van der Waals surface area contributed by atoms with Crippen LogP contribution in [0.4, 0.5) is 0 Å². The third kappa shape index (κ3) is 3.45. The zero-order valence-corrected chi connectivity index (χ0v) is 11.0. The van der Waals surface area contributed by atoms with Gasteiger partial charge in [0.1, 0.15) is 5.75 Å². The van der Waals surface area contributed by atoms with Crippen LogP contribution in [-0.2, 0) is 11.2 Å². The van der Waals surface area contributed by atoms with E-state index in [1.165, 1.54) is 10.9 Å². The number of hydrogen-bond donors (Lipinski definition) is 2. The quantitative estimate of drug-likeness (QED) is 0.853. The molecule has 4 nitrogen and oxygen atoms in total. The second-order valence-electron chi connectivity index (χ2n) is 4.35. The Morgan fingerprint density at radius 3 is 2.68 bits per heavy atom. The first-order valence-electron chi connectivity index (χ1n) is 6.26. The number of hydrogen-bond acceptors (Lipinski definition) is 3. The maximum absolute atomic E-state index is 11.0. The Bertz CT molecular complexity index is 581. The second-order valence-corrected chi connectivity index (χ2v) is 4.35. The van der Waals surface area contributed by atoms with Crippen molar-refractivity contribution in [2.75, 3.05) is 20.2 Å². The molecule has 0 saturated heterocycles. The molecule has 0 aromatic heterocycles. The Labute approximate surface area is 112 Å². The van der Waals surface area contributed by atoms with Gasteiger partial charge in [0.2, 0.25) is 5.91 Å². The zero-order chi connectivity index (χ0) is 13.7. The lowest BCUT2D eigenvalue weighted by atomic mass is 10.0. The molecule has 0 heterocycles. The topological polar surface area (TPSA) is 64.3 Å². The SMILES string of the molecule is COc1ccc2cc(CCNC(=O)CN)ccc2c1. The van der Waals surface area contributed by atoms with Crippen LogP contribution in [0.2, 0.25) is 0 Å². The summed E-state index contributed by atoms with van der Waals surface area (Å²) in [7, 11) is 1.66. The zero-order valence-electron chi connectivity index (χ0n) is 11.0. The molecule has 0 spiro atoms. The first-order valence-corrected chi connectivity index (χ1v) is 6.26. The van der Waals surface area contributed by atoms with Gasteiger partial charge in [0.25, 0.3) is 0 Å². The predicted octanol–water partition coefficient (Wildman–Crippen LogP) is 1.47. The van der Waals surface area contributed by atoms with Gasteiger partial charge in [-0.2, -0.15) is 0 Å². The number of rotatable bonds is 5. The molecule has 0 fully saturated rings. The van der Waals surface area contributed by atoms with Crippen LogP contribution in [0.15, 0.2) is 36.4 Å². The molecule has 0 aliphatic rings. The first-order chi connectivity index (χ1) is 9.22. The van der Waals surface area contributed by atoms with Crippen molar-refractivity contribution in [1.29, 1.82) is 0 Å². The van der Waals surface area contributed by atoms with Gasteiger partial charge in [0.15, 0.2) is 0 Å². The van der Waals surface area contributed by atoms with E-state index in [-0.39, 0.29) is 12.5 Å².